The first-order valence-corrected chi connectivity index (χ1v) is 7.98. The van der Waals surface area contributed by atoms with Crippen molar-refractivity contribution >= 4 is 11.6 Å². The normalized spacial score (nSPS) is 16.0. The van der Waals surface area contributed by atoms with E-state index in [1.165, 1.54) is 20.3 Å². The fraction of sp³-hybridized carbons (Fsp3) is 0.368. The molecule has 1 aliphatic carbocycles. The minimum Gasteiger partial charge on any atom is -0.493 e. The number of carbonyl (C=O) groups is 2. The summed E-state index contributed by atoms with van der Waals surface area (Å²) in [6.45, 7) is 5.26. The fourth-order valence-electron chi connectivity index (χ4n) is 2.60. The van der Waals surface area contributed by atoms with E-state index in [0.717, 1.165) is 0 Å². The molecule has 0 bridgehead atoms. The van der Waals surface area contributed by atoms with Crippen LogP contribution in [0, 0.1) is 5.92 Å². The molecule has 6 nitrogen and oxygen atoms in total. The van der Waals surface area contributed by atoms with Gasteiger partial charge in [-0.15, -0.1) is 0 Å². The average Bonchev–Trinajstić information content (AvgIpc) is 2.60. The van der Waals surface area contributed by atoms with Crippen LogP contribution in [0.1, 0.15) is 32.6 Å². The maximum absolute atomic E-state index is 12.6. The lowest BCUT2D eigenvalue weighted by Crippen LogP contribution is -2.32. The molecule has 6 heteroatoms. The molecule has 0 fully saturated rings. The van der Waals surface area contributed by atoms with Crippen LogP contribution in [0.5, 0.6) is 11.5 Å². The maximum Gasteiger partial charge on any atom is 0.205 e. The third kappa shape index (κ3) is 3.74. The van der Waals surface area contributed by atoms with Crippen LogP contribution in [0.25, 0.3) is 0 Å². The molecule has 0 aromatic heterocycles. The van der Waals surface area contributed by atoms with Crippen molar-refractivity contribution in [3.05, 3.63) is 46.7 Å². The van der Waals surface area contributed by atoms with Crippen LogP contribution in [0.15, 0.2) is 41.1 Å². The van der Waals surface area contributed by atoms with E-state index >= 15 is 0 Å². The molecular weight excluding hydrogens is 322 g/mol. The van der Waals surface area contributed by atoms with Gasteiger partial charge in [0.15, 0.2) is 23.5 Å². The summed E-state index contributed by atoms with van der Waals surface area (Å²) in [6, 6.07) is 4.93. The molecular formula is C19H23NO5. The molecule has 2 rings (SSSR count). The summed E-state index contributed by atoms with van der Waals surface area (Å²) < 4.78 is 10.4. The Morgan fingerprint density at radius 2 is 1.72 bits per heavy atom. The van der Waals surface area contributed by atoms with Gasteiger partial charge in [0.25, 0.3) is 0 Å². The zero-order valence-electron chi connectivity index (χ0n) is 15.0. The number of Topliss-reactive ketones (excluding diaryl/α,β-unsaturated/α-hetero) is 1. The van der Waals surface area contributed by atoms with Crippen LogP contribution < -0.4 is 14.8 Å². The SMILES string of the molecule is COc1ccc(C(O)NC2=C(C)C(=O)C=C(C(C)C)C2=O)cc1OC. The molecule has 0 amide bonds. The van der Waals surface area contributed by atoms with Crippen molar-refractivity contribution in [1.82, 2.24) is 5.32 Å². The number of hydrogen-bond acceptors (Lipinski definition) is 6. The number of ketones is 2. The first-order chi connectivity index (χ1) is 11.8. The highest BCUT2D eigenvalue weighted by atomic mass is 16.5. The minimum atomic E-state index is -1.17. The Kier molecular flexibility index (Phi) is 5.64. The van der Waals surface area contributed by atoms with E-state index < -0.39 is 6.23 Å². The predicted octanol–water partition coefficient (Wildman–Crippen LogP) is 2.29. The second kappa shape index (κ2) is 7.53. The smallest absolute Gasteiger partial charge is 0.205 e. The molecule has 2 N–H and O–H groups in total. The Hall–Kier alpha value is -2.60. The van der Waals surface area contributed by atoms with E-state index in [4.69, 9.17) is 9.47 Å². The maximum atomic E-state index is 12.6. The van der Waals surface area contributed by atoms with Gasteiger partial charge in [0.2, 0.25) is 5.78 Å². The highest BCUT2D eigenvalue weighted by molar-refractivity contribution is 6.22. The summed E-state index contributed by atoms with van der Waals surface area (Å²) in [5.41, 5.74) is 1.32. The standard InChI is InChI=1S/C19H23NO5/c1-10(2)13-9-14(21)11(3)17(18(13)22)20-19(23)12-6-7-15(24-4)16(8-12)25-5/h6-10,19-20,23H,1-5H3. The van der Waals surface area contributed by atoms with E-state index in [9.17, 15) is 14.7 Å². The van der Waals surface area contributed by atoms with Gasteiger partial charge in [0.05, 0.1) is 19.9 Å². The lowest BCUT2D eigenvalue weighted by atomic mass is 9.88. The van der Waals surface area contributed by atoms with Crippen molar-refractivity contribution in [2.24, 2.45) is 5.92 Å². The highest BCUT2D eigenvalue weighted by Gasteiger charge is 2.29. The molecule has 0 aliphatic heterocycles. The van der Waals surface area contributed by atoms with Crippen molar-refractivity contribution in [2.45, 2.75) is 27.0 Å². The van der Waals surface area contributed by atoms with E-state index in [2.05, 4.69) is 5.32 Å². The number of hydrogen-bond donors (Lipinski definition) is 2. The molecule has 1 aromatic rings. The van der Waals surface area contributed by atoms with Gasteiger partial charge in [-0.25, -0.2) is 0 Å². The highest BCUT2D eigenvalue weighted by Crippen LogP contribution is 2.30. The van der Waals surface area contributed by atoms with Crippen molar-refractivity contribution in [2.75, 3.05) is 14.2 Å². The van der Waals surface area contributed by atoms with E-state index in [-0.39, 0.29) is 28.8 Å². The van der Waals surface area contributed by atoms with Crippen molar-refractivity contribution in [1.29, 1.82) is 0 Å². The summed E-state index contributed by atoms with van der Waals surface area (Å²) in [5, 5.41) is 13.2. The predicted molar refractivity (Wildman–Crippen MR) is 93.3 cm³/mol. The van der Waals surface area contributed by atoms with Crippen LogP contribution >= 0.6 is 0 Å². The summed E-state index contributed by atoms with van der Waals surface area (Å²) >= 11 is 0. The Morgan fingerprint density at radius 3 is 2.28 bits per heavy atom. The monoisotopic (exact) mass is 345 g/mol. The van der Waals surface area contributed by atoms with Gasteiger partial charge in [0.1, 0.15) is 0 Å². The minimum absolute atomic E-state index is 0.0837. The fourth-order valence-corrected chi connectivity index (χ4v) is 2.60. The largest absolute Gasteiger partial charge is 0.493 e. The molecule has 0 saturated heterocycles. The number of methoxy groups -OCH3 is 2. The summed E-state index contributed by atoms with van der Waals surface area (Å²) in [5.74, 6) is 0.402. The molecule has 134 valence electrons. The van der Waals surface area contributed by atoms with Gasteiger partial charge in [-0.2, -0.15) is 0 Å². The van der Waals surface area contributed by atoms with E-state index in [1.807, 2.05) is 13.8 Å². The lowest BCUT2D eigenvalue weighted by molar-refractivity contribution is -0.116. The van der Waals surface area contributed by atoms with Crippen LogP contribution in [-0.4, -0.2) is 30.9 Å². The molecule has 1 unspecified atom stereocenters. The van der Waals surface area contributed by atoms with Gasteiger partial charge >= 0.3 is 0 Å². The average molecular weight is 345 g/mol. The lowest BCUT2D eigenvalue weighted by Gasteiger charge is -2.23. The van der Waals surface area contributed by atoms with Crippen LogP contribution in [-0.2, 0) is 9.59 Å². The molecule has 1 aliphatic rings. The van der Waals surface area contributed by atoms with Gasteiger partial charge in [-0.3, -0.25) is 9.59 Å². The first-order valence-electron chi connectivity index (χ1n) is 7.98. The van der Waals surface area contributed by atoms with Crippen molar-refractivity contribution in [3.8, 4) is 11.5 Å². The molecule has 1 atom stereocenters. The van der Waals surface area contributed by atoms with Crippen molar-refractivity contribution < 1.29 is 24.2 Å². The zero-order valence-corrected chi connectivity index (χ0v) is 15.0. The van der Waals surface area contributed by atoms with Crippen LogP contribution in [0.3, 0.4) is 0 Å². The molecule has 0 heterocycles. The van der Waals surface area contributed by atoms with E-state index in [0.29, 0.717) is 22.6 Å². The number of rotatable bonds is 6. The number of benzene rings is 1. The van der Waals surface area contributed by atoms with Crippen LogP contribution in [0.4, 0.5) is 0 Å². The topological polar surface area (TPSA) is 84.9 Å². The molecule has 0 radical (unpaired) electrons. The third-order valence-electron chi connectivity index (χ3n) is 4.15. The first kappa shape index (κ1) is 18.7. The quantitative estimate of drug-likeness (QED) is 0.608. The van der Waals surface area contributed by atoms with Crippen LogP contribution in [0.2, 0.25) is 0 Å². The molecule has 0 spiro atoms. The Labute approximate surface area is 147 Å². The van der Waals surface area contributed by atoms with Gasteiger partial charge in [-0.05, 0) is 31.1 Å². The second-order valence-electron chi connectivity index (χ2n) is 6.11. The molecule has 1 aromatic carbocycles. The molecule has 0 saturated carbocycles. The number of carbonyl (C=O) groups excluding carboxylic acids is 2. The Balaban J connectivity index is 2.30. The number of aliphatic hydroxyl groups excluding tert-OH is 1. The molecule has 25 heavy (non-hydrogen) atoms. The Bertz CT molecular complexity index is 761. The number of aliphatic hydroxyl groups is 1. The van der Waals surface area contributed by atoms with Crippen molar-refractivity contribution in [3.63, 3.8) is 0 Å². The number of ether oxygens (including phenoxy) is 2. The van der Waals surface area contributed by atoms with Gasteiger partial charge in [0, 0.05) is 16.7 Å². The number of nitrogens with one attached hydrogen (secondary N) is 1. The summed E-state index contributed by atoms with van der Waals surface area (Å²) in [6.07, 6.45) is 0.198. The van der Waals surface area contributed by atoms with Gasteiger partial charge in [-0.1, -0.05) is 19.9 Å². The Morgan fingerprint density at radius 1 is 1.08 bits per heavy atom. The number of allylic oxidation sites excluding steroid dienone is 3. The van der Waals surface area contributed by atoms with E-state index in [1.54, 1.807) is 25.1 Å². The zero-order chi connectivity index (χ0) is 18.7. The summed E-state index contributed by atoms with van der Waals surface area (Å²) in [7, 11) is 3.02. The summed E-state index contributed by atoms with van der Waals surface area (Å²) in [4.78, 5) is 24.7. The second-order valence-corrected chi connectivity index (χ2v) is 6.11. The van der Waals surface area contributed by atoms with Gasteiger partial charge < -0.3 is 19.9 Å². The third-order valence-corrected chi connectivity index (χ3v) is 4.15.